The lowest BCUT2D eigenvalue weighted by atomic mass is 10.1. The van der Waals surface area contributed by atoms with Crippen LogP contribution in [-0.2, 0) is 14.2 Å². The van der Waals surface area contributed by atoms with Crippen LogP contribution in [0.15, 0.2) is 0 Å². The summed E-state index contributed by atoms with van der Waals surface area (Å²) in [7, 11) is 0. The zero-order chi connectivity index (χ0) is 12.1. The Morgan fingerprint density at radius 1 is 0.812 bits per heavy atom. The molecule has 0 amide bonds. The first-order valence-corrected chi connectivity index (χ1v) is 6.54. The van der Waals surface area contributed by atoms with Gasteiger partial charge in [0, 0.05) is 13.2 Å². The van der Waals surface area contributed by atoms with Gasteiger partial charge in [0.1, 0.15) is 0 Å². The lowest BCUT2D eigenvalue weighted by Crippen LogP contribution is -2.12. The molecule has 3 nitrogen and oxygen atoms in total. The Balaban J connectivity index is 2.93. The van der Waals surface area contributed by atoms with Crippen LogP contribution in [0.5, 0.6) is 0 Å². The van der Waals surface area contributed by atoms with E-state index in [9.17, 15) is 0 Å². The lowest BCUT2D eigenvalue weighted by molar-refractivity contribution is 0.00787. The molecule has 0 bridgehead atoms. The van der Waals surface area contributed by atoms with E-state index in [1.54, 1.807) is 0 Å². The van der Waals surface area contributed by atoms with Crippen molar-refractivity contribution in [3.8, 4) is 0 Å². The fraction of sp³-hybridized carbons (Fsp3) is 1.00. The van der Waals surface area contributed by atoms with Crippen LogP contribution < -0.4 is 0 Å². The predicted octanol–water partition coefficient (Wildman–Crippen LogP) is 2.88. The first-order valence-electron chi connectivity index (χ1n) is 6.54. The maximum Gasteiger partial charge on any atom is 0.0701 e. The van der Waals surface area contributed by atoms with Crippen molar-refractivity contribution in [3.05, 3.63) is 0 Å². The van der Waals surface area contributed by atoms with Crippen LogP contribution in [0.25, 0.3) is 0 Å². The van der Waals surface area contributed by atoms with Crippen LogP contribution in [0.2, 0.25) is 0 Å². The molecule has 0 aromatic rings. The molecule has 0 heterocycles. The maximum absolute atomic E-state index is 5.47. The Hall–Kier alpha value is -0.120. The number of unbranched alkanes of at least 4 members (excludes halogenated alkanes) is 1. The van der Waals surface area contributed by atoms with Gasteiger partial charge in [0.15, 0.2) is 0 Å². The molecule has 1 atom stereocenters. The smallest absolute Gasteiger partial charge is 0.0701 e. The molecule has 3 heteroatoms. The molecular weight excluding hydrogens is 204 g/mol. The van der Waals surface area contributed by atoms with E-state index in [-0.39, 0.29) is 0 Å². The Morgan fingerprint density at radius 3 is 1.94 bits per heavy atom. The van der Waals surface area contributed by atoms with Gasteiger partial charge in [0.05, 0.1) is 26.4 Å². The fourth-order valence-corrected chi connectivity index (χ4v) is 1.09. The number of hydrogen-bond donors (Lipinski definition) is 0. The first kappa shape index (κ1) is 15.9. The van der Waals surface area contributed by atoms with Gasteiger partial charge in [-0.15, -0.1) is 0 Å². The molecule has 0 rings (SSSR count). The molecule has 0 aliphatic heterocycles. The summed E-state index contributed by atoms with van der Waals surface area (Å²) in [6.07, 6.45) is 3.49. The SMILES string of the molecule is CCCCOCCOCCOCC(C)CC. The van der Waals surface area contributed by atoms with Crippen LogP contribution in [-0.4, -0.2) is 39.6 Å². The quantitative estimate of drug-likeness (QED) is 0.484. The molecule has 0 aromatic carbocycles. The highest BCUT2D eigenvalue weighted by atomic mass is 16.5. The van der Waals surface area contributed by atoms with Crippen molar-refractivity contribution < 1.29 is 14.2 Å². The summed E-state index contributed by atoms with van der Waals surface area (Å²) in [5, 5.41) is 0. The van der Waals surface area contributed by atoms with Crippen molar-refractivity contribution in [1.82, 2.24) is 0 Å². The summed E-state index contributed by atoms with van der Waals surface area (Å²) < 4.78 is 16.2. The number of rotatable bonds is 12. The van der Waals surface area contributed by atoms with Crippen LogP contribution in [0.1, 0.15) is 40.0 Å². The topological polar surface area (TPSA) is 27.7 Å². The van der Waals surface area contributed by atoms with Crippen molar-refractivity contribution in [2.75, 3.05) is 39.6 Å². The molecule has 0 aromatic heterocycles. The van der Waals surface area contributed by atoms with E-state index in [1.165, 1.54) is 12.8 Å². The average molecular weight is 232 g/mol. The fourth-order valence-electron chi connectivity index (χ4n) is 1.09. The molecule has 16 heavy (non-hydrogen) atoms. The highest BCUT2D eigenvalue weighted by molar-refractivity contribution is 4.45. The summed E-state index contributed by atoms with van der Waals surface area (Å²) in [5.74, 6) is 0.650. The van der Waals surface area contributed by atoms with E-state index in [4.69, 9.17) is 14.2 Å². The highest BCUT2D eigenvalue weighted by Crippen LogP contribution is 1.99. The van der Waals surface area contributed by atoms with Gasteiger partial charge in [-0.3, -0.25) is 0 Å². The van der Waals surface area contributed by atoms with E-state index >= 15 is 0 Å². The number of hydrogen-bond acceptors (Lipinski definition) is 3. The molecule has 0 fully saturated rings. The zero-order valence-corrected chi connectivity index (χ0v) is 11.2. The third-order valence-electron chi connectivity index (χ3n) is 2.49. The Labute approximate surface area is 100 Å². The second-order valence-corrected chi connectivity index (χ2v) is 4.17. The van der Waals surface area contributed by atoms with Crippen LogP contribution in [0.3, 0.4) is 0 Å². The number of ether oxygens (including phenoxy) is 3. The molecule has 0 aliphatic rings. The van der Waals surface area contributed by atoms with Gasteiger partial charge in [-0.25, -0.2) is 0 Å². The van der Waals surface area contributed by atoms with Crippen molar-refractivity contribution in [2.24, 2.45) is 5.92 Å². The van der Waals surface area contributed by atoms with E-state index < -0.39 is 0 Å². The van der Waals surface area contributed by atoms with Crippen molar-refractivity contribution in [1.29, 1.82) is 0 Å². The Bertz CT molecular complexity index is 128. The van der Waals surface area contributed by atoms with Crippen LogP contribution in [0.4, 0.5) is 0 Å². The molecular formula is C13H28O3. The zero-order valence-electron chi connectivity index (χ0n) is 11.2. The van der Waals surface area contributed by atoms with Gasteiger partial charge in [0.25, 0.3) is 0 Å². The van der Waals surface area contributed by atoms with Gasteiger partial charge in [-0.05, 0) is 12.3 Å². The lowest BCUT2D eigenvalue weighted by Gasteiger charge is -2.09. The molecule has 0 aliphatic carbocycles. The summed E-state index contributed by atoms with van der Waals surface area (Å²) in [6.45, 7) is 11.0. The van der Waals surface area contributed by atoms with Crippen molar-refractivity contribution in [3.63, 3.8) is 0 Å². The second-order valence-electron chi connectivity index (χ2n) is 4.17. The molecule has 0 spiro atoms. The largest absolute Gasteiger partial charge is 0.379 e. The minimum atomic E-state index is 0.650. The van der Waals surface area contributed by atoms with Gasteiger partial charge in [-0.1, -0.05) is 33.6 Å². The van der Waals surface area contributed by atoms with Crippen LogP contribution in [0, 0.1) is 5.92 Å². The van der Waals surface area contributed by atoms with Gasteiger partial charge in [0.2, 0.25) is 0 Å². The van der Waals surface area contributed by atoms with E-state index in [0.29, 0.717) is 32.3 Å². The molecule has 0 saturated carbocycles. The minimum Gasteiger partial charge on any atom is -0.379 e. The average Bonchev–Trinajstić information content (AvgIpc) is 2.31. The summed E-state index contributed by atoms with van der Waals surface area (Å²) in [6, 6.07) is 0. The van der Waals surface area contributed by atoms with E-state index in [2.05, 4.69) is 20.8 Å². The third-order valence-corrected chi connectivity index (χ3v) is 2.49. The van der Waals surface area contributed by atoms with Gasteiger partial charge < -0.3 is 14.2 Å². The molecule has 98 valence electrons. The second kappa shape index (κ2) is 12.9. The minimum absolute atomic E-state index is 0.650. The van der Waals surface area contributed by atoms with Crippen molar-refractivity contribution in [2.45, 2.75) is 40.0 Å². The summed E-state index contributed by atoms with van der Waals surface area (Å²) >= 11 is 0. The molecule has 0 radical (unpaired) electrons. The van der Waals surface area contributed by atoms with Crippen molar-refractivity contribution >= 4 is 0 Å². The van der Waals surface area contributed by atoms with Gasteiger partial charge >= 0.3 is 0 Å². The van der Waals surface area contributed by atoms with E-state index in [1.807, 2.05) is 0 Å². The van der Waals surface area contributed by atoms with Gasteiger partial charge in [-0.2, -0.15) is 0 Å². The standard InChI is InChI=1S/C13H28O3/c1-4-6-7-14-8-9-15-10-11-16-12-13(3)5-2/h13H,4-12H2,1-3H3. The monoisotopic (exact) mass is 232 g/mol. The Kier molecular flexibility index (Phi) is 12.9. The predicted molar refractivity (Wildman–Crippen MR) is 66.8 cm³/mol. The van der Waals surface area contributed by atoms with Crippen LogP contribution >= 0.6 is 0 Å². The summed E-state index contributed by atoms with van der Waals surface area (Å²) in [4.78, 5) is 0. The molecule has 1 unspecified atom stereocenters. The Morgan fingerprint density at radius 2 is 1.38 bits per heavy atom. The normalized spacial score (nSPS) is 12.9. The highest BCUT2D eigenvalue weighted by Gasteiger charge is 1.97. The van der Waals surface area contributed by atoms with E-state index in [0.717, 1.165) is 19.6 Å². The first-order chi connectivity index (χ1) is 7.81. The third kappa shape index (κ3) is 12.0. The molecule has 0 N–H and O–H groups in total. The molecule has 0 saturated heterocycles. The maximum atomic E-state index is 5.47. The summed E-state index contributed by atoms with van der Waals surface area (Å²) in [5.41, 5.74) is 0.